The highest BCUT2D eigenvalue weighted by Gasteiger charge is 2.26. The van der Waals surface area contributed by atoms with Crippen LogP contribution in [0.4, 0.5) is 21.5 Å². The minimum atomic E-state index is -0.970. The third kappa shape index (κ3) is 6.64. The van der Waals surface area contributed by atoms with Crippen LogP contribution in [0.25, 0.3) is 10.9 Å². The fourth-order valence-corrected chi connectivity index (χ4v) is 5.97. The van der Waals surface area contributed by atoms with E-state index in [1.807, 2.05) is 42.6 Å². The molecule has 1 atom stereocenters. The normalized spacial score (nSPS) is 14.0. The van der Waals surface area contributed by atoms with E-state index in [1.54, 1.807) is 36.7 Å². The zero-order chi connectivity index (χ0) is 30.6. The van der Waals surface area contributed by atoms with Crippen molar-refractivity contribution in [3.05, 3.63) is 118 Å². The van der Waals surface area contributed by atoms with E-state index < -0.39 is 23.7 Å². The first-order valence-corrected chi connectivity index (χ1v) is 14.9. The van der Waals surface area contributed by atoms with Crippen molar-refractivity contribution in [3.63, 3.8) is 0 Å². The van der Waals surface area contributed by atoms with Crippen molar-refractivity contribution in [2.75, 3.05) is 41.3 Å². The number of piperazine rings is 1. The lowest BCUT2D eigenvalue weighted by atomic mass is 10.0. The molecule has 3 N–H and O–H groups in total. The lowest BCUT2D eigenvalue weighted by Gasteiger charge is -2.37. The Kier molecular flexibility index (Phi) is 8.67. The second kappa shape index (κ2) is 13.0. The number of anilines is 3. The quantitative estimate of drug-likeness (QED) is 0.187. The molecule has 1 fully saturated rings. The number of aromatic amines is 1. The number of carbonyl (C=O) groups is 2. The maximum Gasteiger partial charge on any atom is 0.254 e. The molecule has 0 bridgehead atoms. The molecule has 5 aromatic rings. The molecule has 0 unspecified atom stereocenters. The number of aromatic nitrogens is 2. The smallest absolute Gasteiger partial charge is 0.254 e. The van der Waals surface area contributed by atoms with Crippen LogP contribution in [0.2, 0.25) is 10.0 Å². The molecule has 8 nitrogen and oxygen atoms in total. The molecule has 0 radical (unpaired) electrons. The van der Waals surface area contributed by atoms with Gasteiger partial charge in [-0.2, -0.15) is 0 Å². The summed E-state index contributed by atoms with van der Waals surface area (Å²) in [5.41, 5.74) is 3.79. The molecule has 1 aliphatic heterocycles. The third-order valence-electron chi connectivity index (χ3n) is 7.72. The minimum absolute atomic E-state index is 0.137. The fourth-order valence-electron chi connectivity index (χ4n) is 5.46. The predicted octanol–water partition coefficient (Wildman–Crippen LogP) is 6.32. The molecule has 0 spiro atoms. The average Bonchev–Trinajstić information content (AvgIpc) is 3.43. The van der Waals surface area contributed by atoms with Gasteiger partial charge in [-0.15, -0.1) is 0 Å². The molecule has 2 aromatic heterocycles. The van der Waals surface area contributed by atoms with E-state index in [0.717, 1.165) is 22.2 Å². The van der Waals surface area contributed by atoms with Crippen LogP contribution in [0.5, 0.6) is 0 Å². The van der Waals surface area contributed by atoms with Gasteiger partial charge in [0.15, 0.2) is 0 Å². The number of benzene rings is 3. The maximum absolute atomic E-state index is 15.4. The molecule has 3 heterocycles. The number of hydrogen-bond acceptors (Lipinski definition) is 5. The van der Waals surface area contributed by atoms with Crippen molar-refractivity contribution in [1.82, 2.24) is 15.3 Å². The molecule has 0 saturated carbocycles. The van der Waals surface area contributed by atoms with Crippen molar-refractivity contribution in [2.24, 2.45) is 0 Å². The van der Waals surface area contributed by atoms with Gasteiger partial charge in [0.2, 0.25) is 5.91 Å². The summed E-state index contributed by atoms with van der Waals surface area (Å²) in [7, 11) is 0. The summed E-state index contributed by atoms with van der Waals surface area (Å²) in [6.07, 6.45) is 5.15. The highest BCUT2D eigenvalue weighted by atomic mass is 35.5. The largest absolute Gasteiger partial charge is 0.368 e. The number of hydrogen-bond donors (Lipinski definition) is 3. The molecule has 44 heavy (non-hydrogen) atoms. The lowest BCUT2D eigenvalue weighted by Crippen LogP contribution is -2.46. The zero-order valence-corrected chi connectivity index (χ0v) is 25.1. The second-order valence-electron chi connectivity index (χ2n) is 10.6. The summed E-state index contributed by atoms with van der Waals surface area (Å²) in [6, 6.07) is 20.1. The van der Waals surface area contributed by atoms with Gasteiger partial charge in [0.1, 0.15) is 11.9 Å². The van der Waals surface area contributed by atoms with Gasteiger partial charge in [-0.3, -0.25) is 14.6 Å². The molecule has 1 saturated heterocycles. The predicted molar refractivity (Wildman–Crippen MR) is 173 cm³/mol. The Morgan fingerprint density at radius 1 is 0.886 bits per heavy atom. The molecular formula is C33H29Cl2FN6O2. The summed E-state index contributed by atoms with van der Waals surface area (Å²) in [5.74, 6) is -1.76. The zero-order valence-electron chi connectivity index (χ0n) is 23.6. The Morgan fingerprint density at radius 3 is 2.27 bits per heavy atom. The van der Waals surface area contributed by atoms with Crippen LogP contribution in [-0.4, -0.2) is 54.0 Å². The summed E-state index contributed by atoms with van der Waals surface area (Å²) in [4.78, 5) is 38.2. The number of pyridine rings is 1. The van der Waals surface area contributed by atoms with Crippen LogP contribution in [0.3, 0.4) is 0 Å². The van der Waals surface area contributed by atoms with Crippen LogP contribution >= 0.6 is 23.2 Å². The number of halogens is 3. The first-order chi connectivity index (χ1) is 21.3. The van der Waals surface area contributed by atoms with Gasteiger partial charge in [0, 0.05) is 89.2 Å². The Hall–Kier alpha value is -4.60. The Balaban J connectivity index is 1.16. The minimum Gasteiger partial charge on any atom is -0.368 e. The van der Waals surface area contributed by atoms with Crippen LogP contribution < -0.4 is 20.4 Å². The summed E-state index contributed by atoms with van der Waals surface area (Å²) in [6.45, 7) is 2.69. The van der Waals surface area contributed by atoms with E-state index in [-0.39, 0.29) is 12.0 Å². The summed E-state index contributed by atoms with van der Waals surface area (Å²) >= 11 is 12.3. The Morgan fingerprint density at radius 2 is 1.57 bits per heavy atom. The molecule has 0 aliphatic carbocycles. The number of carbonyl (C=O) groups excluding carboxylic acids is 2. The highest BCUT2D eigenvalue weighted by molar-refractivity contribution is 6.35. The lowest BCUT2D eigenvalue weighted by molar-refractivity contribution is -0.118. The third-order valence-corrected chi connectivity index (χ3v) is 8.16. The Bertz CT molecular complexity index is 1790. The van der Waals surface area contributed by atoms with E-state index in [0.29, 0.717) is 47.6 Å². The number of fused-ring (bicyclic) bond motifs is 1. The summed E-state index contributed by atoms with van der Waals surface area (Å²) < 4.78 is 15.4. The number of H-pyrrole nitrogens is 1. The van der Waals surface area contributed by atoms with Crippen molar-refractivity contribution < 1.29 is 14.0 Å². The number of para-hydroxylation sites is 1. The van der Waals surface area contributed by atoms with Gasteiger partial charge in [-0.25, -0.2) is 4.39 Å². The van der Waals surface area contributed by atoms with Gasteiger partial charge >= 0.3 is 0 Å². The molecule has 3 aromatic carbocycles. The van der Waals surface area contributed by atoms with Crippen LogP contribution in [0.1, 0.15) is 15.9 Å². The molecule has 6 rings (SSSR count). The van der Waals surface area contributed by atoms with Gasteiger partial charge in [0.25, 0.3) is 5.91 Å². The first-order valence-electron chi connectivity index (χ1n) is 14.2. The van der Waals surface area contributed by atoms with Gasteiger partial charge < -0.3 is 25.4 Å². The number of nitrogens with one attached hydrogen (secondary N) is 3. The first kappa shape index (κ1) is 29.5. The second-order valence-corrected chi connectivity index (χ2v) is 11.5. The highest BCUT2D eigenvalue weighted by Crippen LogP contribution is 2.28. The topological polar surface area (TPSA) is 93.4 Å². The van der Waals surface area contributed by atoms with Crippen molar-refractivity contribution in [3.8, 4) is 0 Å². The number of nitrogens with zero attached hydrogens (tertiary/aromatic N) is 3. The number of amides is 2. The molecule has 2 amide bonds. The fraction of sp³-hybridized carbons (Fsp3) is 0.182. The van der Waals surface area contributed by atoms with E-state index in [2.05, 4.69) is 30.4 Å². The Labute approximate surface area is 263 Å². The van der Waals surface area contributed by atoms with Crippen molar-refractivity contribution >= 4 is 63.0 Å². The van der Waals surface area contributed by atoms with Gasteiger partial charge in [-0.1, -0.05) is 41.4 Å². The molecular weight excluding hydrogens is 602 g/mol. The average molecular weight is 632 g/mol. The number of rotatable bonds is 8. The SMILES string of the molecule is O=C(N[C@H](Cc1c[nH]c2ccccc12)C(=O)Nc1ccncc1)c1ccc(N2CCN(c3cc(Cl)cc(Cl)c3)CC2)cc1F. The van der Waals surface area contributed by atoms with E-state index >= 15 is 4.39 Å². The van der Waals surface area contributed by atoms with Crippen LogP contribution in [-0.2, 0) is 11.2 Å². The standard InChI is InChI=1S/C33H29Cl2FN6O2/c34-22-16-23(35)18-26(17-22)42-13-11-41(12-14-42)25-5-6-28(29(36)19-25)32(43)40-31(33(44)39-24-7-9-37-10-8-24)15-21-20-38-30-4-2-1-3-27(21)30/h1-10,16-20,31,38H,11-15H2,(H,40,43)(H,37,39,44)/t31-/m1/s1. The molecule has 224 valence electrons. The van der Waals surface area contributed by atoms with Crippen molar-refractivity contribution in [2.45, 2.75) is 12.5 Å². The monoisotopic (exact) mass is 630 g/mol. The van der Waals surface area contributed by atoms with Crippen molar-refractivity contribution in [1.29, 1.82) is 0 Å². The van der Waals surface area contributed by atoms with E-state index in [9.17, 15) is 9.59 Å². The van der Waals surface area contributed by atoms with E-state index in [4.69, 9.17) is 23.2 Å². The molecule has 1 aliphatic rings. The van der Waals surface area contributed by atoms with E-state index in [1.165, 1.54) is 12.1 Å². The molecule has 11 heteroatoms. The van der Waals surface area contributed by atoms with Gasteiger partial charge in [0.05, 0.1) is 5.56 Å². The van der Waals surface area contributed by atoms with Crippen LogP contribution in [0.15, 0.2) is 91.4 Å². The maximum atomic E-state index is 15.4. The van der Waals surface area contributed by atoms with Gasteiger partial charge in [-0.05, 0) is 60.2 Å². The van der Waals surface area contributed by atoms with Crippen LogP contribution in [0, 0.1) is 5.82 Å². The summed E-state index contributed by atoms with van der Waals surface area (Å²) in [5, 5.41) is 7.68.